The van der Waals surface area contributed by atoms with Crippen molar-refractivity contribution in [3.63, 3.8) is 0 Å². The van der Waals surface area contributed by atoms with Crippen molar-refractivity contribution in [3.05, 3.63) is 12.2 Å². The van der Waals surface area contributed by atoms with Crippen molar-refractivity contribution in [3.8, 4) is 6.07 Å². The van der Waals surface area contributed by atoms with Crippen LogP contribution in [0.5, 0.6) is 0 Å². The Kier molecular flexibility index (Phi) is 5.43. The van der Waals surface area contributed by atoms with E-state index < -0.39 is 5.41 Å². The molecule has 0 amide bonds. The van der Waals surface area contributed by atoms with Crippen LogP contribution in [0.25, 0.3) is 0 Å². The number of allylic oxidation sites excluding steroid dienone is 1. The van der Waals surface area contributed by atoms with Gasteiger partial charge in [-0.2, -0.15) is 5.26 Å². The van der Waals surface area contributed by atoms with E-state index in [1.54, 1.807) is 0 Å². The van der Waals surface area contributed by atoms with Gasteiger partial charge in [-0.1, -0.05) is 45.0 Å². The third-order valence-electron chi connectivity index (χ3n) is 13.3. The predicted molar refractivity (Wildman–Crippen MR) is 135 cm³/mol. The van der Waals surface area contributed by atoms with Gasteiger partial charge in [0.25, 0.3) is 0 Å². The Morgan fingerprint density at radius 3 is 2.35 bits per heavy atom. The summed E-state index contributed by atoms with van der Waals surface area (Å²) in [6, 6.07) is 2.88. The summed E-state index contributed by atoms with van der Waals surface area (Å²) in [5, 5.41) is 34.4. The van der Waals surface area contributed by atoms with E-state index in [0.717, 1.165) is 44.2 Å². The maximum absolute atomic E-state index is 10.5. The monoisotopic (exact) mass is 466 g/mol. The smallest absolute Gasteiger partial charge is 0.0693 e. The summed E-state index contributed by atoms with van der Waals surface area (Å²) in [6.45, 7) is 16.5. The quantitative estimate of drug-likeness (QED) is 0.262. The van der Waals surface area contributed by atoms with Gasteiger partial charge in [-0.15, -0.1) is 0 Å². The number of aliphatic hydroxyl groups is 1. The molecule has 2 N–H and O–H groups in total. The van der Waals surface area contributed by atoms with Crippen LogP contribution in [0.3, 0.4) is 0 Å². The highest BCUT2D eigenvalue weighted by molar-refractivity contribution is 5.91. The molecule has 34 heavy (non-hydrogen) atoms. The van der Waals surface area contributed by atoms with Crippen LogP contribution in [0.4, 0.5) is 0 Å². The van der Waals surface area contributed by atoms with Gasteiger partial charge in [0.15, 0.2) is 0 Å². The minimum atomic E-state index is -0.431. The maximum atomic E-state index is 10.5. The number of oxime groups is 1. The van der Waals surface area contributed by atoms with Gasteiger partial charge in [0.1, 0.15) is 0 Å². The maximum Gasteiger partial charge on any atom is 0.0693 e. The average molecular weight is 467 g/mol. The highest BCUT2D eigenvalue weighted by atomic mass is 16.4. The molecule has 0 aromatic carbocycles. The van der Waals surface area contributed by atoms with Crippen LogP contribution in [-0.4, -0.2) is 22.6 Å². The average Bonchev–Trinajstić information content (AvgIpc) is 3.20. The third kappa shape index (κ3) is 2.72. The molecule has 4 nitrogen and oxygen atoms in total. The zero-order chi connectivity index (χ0) is 24.7. The lowest BCUT2D eigenvalue weighted by molar-refractivity contribution is -0.226. The van der Waals surface area contributed by atoms with E-state index in [0.29, 0.717) is 29.6 Å². The van der Waals surface area contributed by atoms with Crippen LogP contribution >= 0.6 is 0 Å². The largest absolute Gasteiger partial charge is 0.411 e. The summed E-state index contributed by atoms with van der Waals surface area (Å²) in [5.74, 6) is 2.49. The molecule has 0 aromatic heterocycles. The Labute approximate surface area is 206 Å². The number of fused-ring (bicyclic) bond motifs is 7. The Morgan fingerprint density at radius 2 is 1.74 bits per heavy atom. The molecular formula is C30H46N2O2. The molecule has 5 saturated carbocycles. The van der Waals surface area contributed by atoms with Crippen LogP contribution in [0.2, 0.25) is 0 Å². The van der Waals surface area contributed by atoms with Crippen LogP contribution in [0, 0.1) is 68.0 Å². The van der Waals surface area contributed by atoms with Crippen LogP contribution in [-0.2, 0) is 0 Å². The molecule has 5 aliphatic rings. The third-order valence-corrected chi connectivity index (χ3v) is 13.3. The standard InChI is InChI=1S/C30H46N2O2/c1-19(2)20-9-14-30(17-31)16-15-28(5)21(25(20)30)7-8-23-26(3)12-11-24(32-34)27(4,18-33)22(26)10-13-29(23,28)6/h20-23,25,33-34H,1,7-16,18H2,2-6H3/b32-24+/t20-,21+,22+,23+,25+,26-,27-,28+,29+,30+/m0/s1. The zero-order valence-electron chi connectivity index (χ0n) is 22.2. The Bertz CT molecular complexity index is 952. The molecule has 4 heteroatoms. The van der Waals surface area contributed by atoms with E-state index in [-0.39, 0.29) is 28.3 Å². The van der Waals surface area contributed by atoms with E-state index >= 15 is 0 Å². The van der Waals surface area contributed by atoms with Crippen molar-refractivity contribution in [1.82, 2.24) is 0 Å². The molecule has 0 radical (unpaired) electrons. The summed E-state index contributed by atoms with van der Waals surface area (Å²) in [6.07, 6.45) is 10.9. The second-order valence-electron chi connectivity index (χ2n) is 14.1. The number of nitrogens with zero attached hydrogens (tertiary/aromatic N) is 2. The first-order chi connectivity index (χ1) is 16.0. The van der Waals surface area contributed by atoms with E-state index in [4.69, 9.17) is 0 Å². The SMILES string of the molecule is C=C(C)[C@@H]1CC[C@]2(C#N)CC[C@]3(C)[C@H](CC[C@@H]4[C@@]5(C)CC/C(=N\O)[C@@](C)(CO)[C@@H]5CC[C@]43C)[C@@H]12. The predicted octanol–water partition coefficient (Wildman–Crippen LogP) is 6.97. The Morgan fingerprint density at radius 1 is 1.00 bits per heavy atom. The normalized spacial score (nSPS) is 55.4. The van der Waals surface area contributed by atoms with Gasteiger partial charge >= 0.3 is 0 Å². The molecule has 0 spiro atoms. The van der Waals surface area contributed by atoms with Crippen LogP contribution < -0.4 is 0 Å². The summed E-state index contributed by atoms with van der Waals surface area (Å²) in [4.78, 5) is 0. The van der Waals surface area contributed by atoms with Gasteiger partial charge < -0.3 is 10.3 Å². The lowest BCUT2D eigenvalue weighted by Crippen LogP contribution is -2.66. The first-order valence-electron chi connectivity index (χ1n) is 13.9. The van der Waals surface area contributed by atoms with Crippen molar-refractivity contribution < 1.29 is 10.3 Å². The molecule has 0 aromatic rings. The van der Waals surface area contributed by atoms with Crippen molar-refractivity contribution in [1.29, 1.82) is 5.26 Å². The summed E-state index contributed by atoms with van der Waals surface area (Å²) >= 11 is 0. The highest BCUT2D eigenvalue weighted by Gasteiger charge is 2.71. The van der Waals surface area contributed by atoms with E-state index in [9.17, 15) is 15.6 Å². The van der Waals surface area contributed by atoms with E-state index in [2.05, 4.69) is 52.4 Å². The van der Waals surface area contributed by atoms with Gasteiger partial charge in [0.05, 0.1) is 23.8 Å². The minimum absolute atomic E-state index is 0.0586. The molecule has 5 aliphatic carbocycles. The van der Waals surface area contributed by atoms with E-state index in [1.165, 1.54) is 31.3 Å². The fourth-order valence-corrected chi connectivity index (χ4v) is 11.3. The molecule has 0 heterocycles. The van der Waals surface area contributed by atoms with Crippen LogP contribution in [0.15, 0.2) is 17.3 Å². The summed E-state index contributed by atoms with van der Waals surface area (Å²) in [5.41, 5.74) is 2.11. The van der Waals surface area contributed by atoms with Gasteiger partial charge in [-0.05, 0) is 117 Å². The van der Waals surface area contributed by atoms with Gasteiger partial charge in [0.2, 0.25) is 0 Å². The second-order valence-corrected chi connectivity index (χ2v) is 14.1. The number of aliphatic hydroxyl groups excluding tert-OH is 1. The Hall–Kier alpha value is -1.34. The van der Waals surface area contributed by atoms with Crippen LogP contribution in [0.1, 0.15) is 98.8 Å². The Balaban J connectivity index is 1.56. The fourth-order valence-electron chi connectivity index (χ4n) is 11.3. The molecule has 5 fully saturated rings. The van der Waals surface area contributed by atoms with Gasteiger partial charge in [-0.25, -0.2) is 0 Å². The van der Waals surface area contributed by atoms with Gasteiger partial charge in [-0.3, -0.25) is 0 Å². The summed E-state index contributed by atoms with van der Waals surface area (Å²) in [7, 11) is 0. The molecule has 188 valence electrons. The van der Waals surface area contributed by atoms with E-state index in [1.807, 2.05) is 0 Å². The second kappa shape index (κ2) is 7.58. The first-order valence-corrected chi connectivity index (χ1v) is 13.9. The van der Waals surface area contributed by atoms with Crippen molar-refractivity contribution >= 4 is 5.71 Å². The number of hydrogen-bond acceptors (Lipinski definition) is 4. The number of hydrogen-bond donors (Lipinski definition) is 2. The molecule has 5 rings (SSSR count). The highest BCUT2D eigenvalue weighted by Crippen LogP contribution is 2.77. The summed E-state index contributed by atoms with van der Waals surface area (Å²) < 4.78 is 0. The lowest BCUT2D eigenvalue weighted by Gasteiger charge is -2.72. The molecule has 0 bridgehead atoms. The minimum Gasteiger partial charge on any atom is -0.411 e. The first kappa shape index (κ1) is 24.4. The molecule has 0 unspecified atom stereocenters. The molecule has 0 aliphatic heterocycles. The lowest BCUT2D eigenvalue weighted by atomic mass is 9.32. The molecule has 0 saturated heterocycles. The number of nitriles is 1. The van der Waals surface area contributed by atoms with Crippen molar-refractivity contribution in [2.45, 2.75) is 98.8 Å². The number of rotatable bonds is 2. The molecular weight excluding hydrogens is 420 g/mol. The van der Waals surface area contributed by atoms with Crippen molar-refractivity contribution in [2.75, 3.05) is 6.61 Å². The fraction of sp³-hybridized carbons (Fsp3) is 0.867. The topological polar surface area (TPSA) is 76.6 Å². The van der Waals surface area contributed by atoms with Gasteiger partial charge in [0, 0.05) is 5.41 Å². The van der Waals surface area contributed by atoms with Crippen molar-refractivity contribution in [2.24, 2.45) is 61.8 Å². The zero-order valence-corrected chi connectivity index (χ0v) is 22.2. The molecule has 10 atom stereocenters.